The highest BCUT2D eigenvalue weighted by atomic mass is 32.2. The summed E-state index contributed by atoms with van der Waals surface area (Å²) in [6, 6.07) is 5.78. The molecule has 6 nitrogen and oxygen atoms in total. The Kier molecular flexibility index (Phi) is 5.31. The Balaban J connectivity index is 2.74. The van der Waals surface area contributed by atoms with Gasteiger partial charge in [-0.1, -0.05) is 19.1 Å². The van der Waals surface area contributed by atoms with E-state index < -0.39 is 22.0 Å². The van der Waals surface area contributed by atoms with E-state index in [-0.39, 0.29) is 17.3 Å². The van der Waals surface area contributed by atoms with Gasteiger partial charge in [-0.05, 0) is 17.7 Å². The lowest BCUT2D eigenvalue weighted by Crippen LogP contribution is -2.25. The van der Waals surface area contributed by atoms with Gasteiger partial charge in [-0.2, -0.15) is 0 Å². The van der Waals surface area contributed by atoms with Crippen LogP contribution in [0, 0.1) is 0 Å². The predicted molar refractivity (Wildman–Crippen MR) is 71.5 cm³/mol. The van der Waals surface area contributed by atoms with Crippen LogP contribution in [0.15, 0.2) is 29.2 Å². The van der Waals surface area contributed by atoms with Gasteiger partial charge in [0.2, 0.25) is 0 Å². The van der Waals surface area contributed by atoms with Crippen LogP contribution in [-0.2, 0) is 14.6 Å². The molecule has 0 heterocycles. The number of hydrogen-bond acceptors (Lipinski definition) is 5. The van der Waals surface area contributed by atoms with E-state index in [0.29, 0.717) is 5.56 Å². The Hall–Kier alpha value is -1.60. The standard InChI is InChI=1S/C12H18N2O4S/c1-3-19(16,17)10-6-4-9(5-7-10)11(13)8-18-12(15)14-2/h4-7,11H,3,8,13H2,1-2H3,(H,14,15)/t11-/m0/s1. The monoisotopic (exact) mass is 286 g/mol. The van der Waals surface area contributed by atoms with Gasteiger partial charge in [0, 0.05) is 7.05 Å². The number of rotatable bonds is 5. The van der Waals surface area contributed by atoms with Crippen LogP contribution in [-0.4, -0.2) is 33.9 Å². The highest BCUT2D eigenvalue weighted by molar-refractivity contribution is 7.91. The topological polar surface area (TPSA) is 98.5 Å². The van der Waals surface area contributed by atoms with E-state index in [4.69, 9.17) is 10.5 Å². The number of amides is 1. The second kappa shape index (κ2) is 6.53. The summed E-state index contributed by atoms with van der Waals surface area (Å²) in [5.74, 6) is 0.0538. The van der Waals surface area contributed by atoms with Gasteiger partial charge in [-0.25, -0.2) is 13.2 Å². The number of alkyl carbamates (subject to hydrolysis) is 1. The summed E-state index contributed by atoms with van der Waals surface area (Å²) in [6.07, 6.45) is -0.555. The van der Waals surface area contributed by atoms with Crippen LogP contribution in [0.5, 0.6) is 0 Å². The van der Waals surface area contributed by atoms with Crippen molar-refractivity contribution in [3.05, 3.63) is 29.8 Å². The Morgan fingerprint density at radius 1 is 1.37 bits per heavy atom. The van der Waals surface area contributed by atoms with Crippen molar-refractivity contribution in [2.24, 2.45) is 5.73 Å². The van der Waals surface area contributed by atoms with E-state index in [0.717, 1.165) is 0 Å². The van der Waals surface area contributed by atoms with E-state index in [1.54, 1.807) is 19.1 Å². The average Bonchev–Trinajstić information content (AvgIpc) is 2.44. The van der Waals surface area contributed by atoms with Gasteiger partial charge >= 0.3 is 6.09 Å². The fourth-order valence-corrected chi connectivity index (χ4v) is 2.31. The molecule has 0 bridgehead atoms. The molecule has 0 aromatic heterocycles. The molecule has 106 valence electrons. The number of nitrogens with one attached hydrogen (secondary N) is 1. The Morgan fingerprint density at radius 2 is 1.95 bits per heavy atom. The second-order valence-electron chi connectivity index (χ2n) is 3.93. The quantitative estimate of drug-likeness (QED) is 0.835. The molecule has 0 aliphatic heterocycles. The average molecular weight is 286 g/mol. The van der Waals surface area contributed by atoms with Crippen molar-refractivity contribution >= 4 is 15.9 Å². The normalized spacial score (nSPS) is 12.8. The molecule has 0 saturated carbocycles. The largest absolute Gasteiger partial charge is 0.448 e. The number of carbonyl (C=O) groups is 1. The van der Waals surface area contributed by atoms with Crippen LogP contribution < -0.4 is 11.1 Å². The van der Waals surface area contributed by atoms with Crippen LogP contribution in [0.25, 0.3) is 0 Å². The van der Waals surface area contributed by atoms with Gasteiger partial charge in [0.15, 0.2) is 9.84 Å². The molecule has 0 spiro atoms. The molecule has 19 heavy (non-hydrogen) atoms. The molecule has 7 heteroatoms. The molecule has 1 atom stereocenters. The number of carbonyl (C=O) groups excluding carboxylic acids is 1. The van der Waals surface area contributed by atoms with Gasteiger partial charge in [-0.15, -0.1) is 0 Å². The molecule has 0 aliphatic carbocycles. The van der Waals surface area contributed by atoms with Crippen LogP contribution in [0.4, 0.5) is 4.79 Å². The summed E-state index contributed by atoms with van der Waals surface area (Å²) in [7, 11) is -1.75. The minimum Gasteiger partial charge on any atom is -0.448 e. The summed E-state index contributed by atoms with van der Waals surface area (Å²) in [6.45, 7) is 1.62. The fourth-order valence-electron chi connectivity index (χ4n) is 1.42. The van der Waals surface area contributed by atoms with Gasteiger partial charge in [0.25, 0.3) is 0 Å². The van der Waals surface area contributed by atoms with Crippen LogP contribution >= 0.6 is 0 Å². The summed E-state index contributed by atoms with van der Waals surface area (Å²) in [4.78, 5) is 11.2. The molecule has 1 amide bonds. The van der Waals surface area contributed by atoms with E-state index in [9.17, 15) is 13.2 Å². The molecular weight excluding hydrogens is 268 g/mol. The molecular formula is C12H18N2O4S. The molecule has 1 rings (SSSR count). The summed E-state index contributed by atoms with van der Waals surface area (Å²) in [5.41, 5.74) is 6.54. The highest BCUT2D eigenvalue weighted by Gasteiger charge is 2.13. The lowest BCUT2D eigenvalue weighted by Gasteiger charge is -2.13. The van der Waals surface area contributed by atoms with Crippen molar-refractivity contribution in [2.45, 2.75) is 17.9 Å². The maximum Gasteiger partial charge on any atom is 0.406 e. The smallest absolute Gasteiger partial charge is 0.406 e. The number of sulfone groups is 1. The summed E-state index contributed by atoms with van der Waals surface area (Å²) < 4.78 is 28.1. The van der Waals surface area contributed by atoms with Crippen molar-refractivity contribution in [3.63, 3.8) is 0 Å². The second-order valence-corrected chi connectivity index (χ2v) is 6.21. The molecule has 3 N–H and O–H groups in total. The number of hydrogen-bond donors (Lipinski definition) is 2. The predicted octanol–water partition coefficient (Wildman–Crippen LogP) is 0.836. The Bertz CT molecular complexity index is 525. The first-order valence-electron chi connectivity index (χ1n) is 5.83. The lowest BCUT2D eigenvalue weighted by atomic mass is 10.1. The van der Waals surface area contributed by atoms with Crippen molar-refractivity contribution in [1.82, 2.24) is 5.32 Å². The van der Waals surface area contributed by atoms with E-state index >= 15 is 0 Å². The minimum atomic E-state index is -3.21. The van der Waals surface area contributed by atoms with Crippen molar-refractivity contribution in [1.29, 1.82) is 0 Å². The van der Waals surface area contributed by atoms with Crippen molar-refractivity contribution in [3.8, 4) is 0 Å². The van der Waals surface area contributed by atoms with Crippen LogP contribution in [0.3, 0.4) is 0 Å². The van der Waals surface area contributed by atoms with Gasteiger partial charge < -0.3 is 15.8 Å². The Labute approximate surface area is 112 Å². The van der Waals surface area contributed by atoms with Crippen molar-refractivity contribution in [2.75, 3.05) is 19.4 Å². The first kappa shape index (κ1) is 15.5. The van der Waals surface area contributed by atoms with Crippen molar-refractivity contribution < 1.29 is 17.9 Å². The first-order chi connectivity index (χ1) is 8.90. The molecule has 1 aromatic carbocycles. The molecule has 0 unspecified atom stereocenters. The third-order valence-electron chi connectivity index (χ3n) is 2.65. The first-order valence-corrected chi connectivity index (χ1v) is 7.48. The van der Waals surface area contributed by atoms with Gasteiger partial charge in [-0.3, -0.25) is 0 Å². The van der Waals surface area contributed by atoms with E-state index in [1.807, 2.05) is 0 Å². The molecule has 0 fully saturated rings. The third-order valence-corrected chi connectivity index (χ3v) is 4.40. The molecule has 1 aromatic rings. The SMILES string of the molecule is CCS(=O)(=O)c1ccc([C@@H](N)COC(=O)NC)cc1. The Morgan fingerprint density at radius 3 is 2.42 bits per heavy atom. The molecule has 0 saturated heterocycles. The highest BCUT2D eigenvalue weighted by Crippen LogP contribution is 2.16. The zero-order valence-corrected chi connectivity index (χ0v) is 11.7. The van der Waals surface area contributed by atoms with Gasteiger partial charge in [0.05, 0.1) is 16.7 Å². The van der Waals surface area contributed by atoms with Crippen LogP contribution in [0.2, 0.25) is 0 Å². The minimum absolute atomic E-state index is 0.0273. The van der Waals surface area contributed by atoms with E-state index in [2.05, 4.69) is 5.32 Å². The van der Waals surface area contributed by atoms with E-state index in [1.165, 1.54) is 19.2 Å². The lowest BCUT2D eigenvalue weighted by molar-refractivity contribution is 0.141. The molecule has 0 aliphatic rings. The summed E-state index contributed by atoms with van der Waals surface area (Å²) >= 11 is 0. The molecule has 0 radical (unpaired) electrons. The fraction of sp³-hybridized carbons (Fsp3) is 0.417. The number of benzene rings is 1. The maximum absolute atomic E-state index is 11.6. The summed E-state index contributed by atoms with van der Waals surface area (Å²) in [5, 5.41) is 2.31. The maximum atomic E-state index is 11.6. The van der Waals surface area contributed by atoms with Gasteiger partial charge in [0.1, 0.15) is 6.61 Å². The number of nitrogens with two attached hydrogens (primary N) is 1. The number of ether oxygens (including phenoxy) is 1. The zero-order chi connectivity index (χ0) is 14.5. The van der Waals surface area contributed by atoms with Crippen LogP contribution in [0.1, 0.15) is 18.5 Å². The third kappa shape index (κ3) is 4.22. The zero-order valence-electron chi connectivity index (χ0n) is 10.9.